The number of ether oxygens (including phenoxy) is 1. The van der Waals surface area contributed by atoms with Gasteiger partial charge in [-0.2, -0.15) is 0 Å². The van der Waals surface area contributed by atoms with Crippen LogP contribution in [0, 0.1) is 12.3 Å². The van der Waals surface area contributed by atoms with Crippen molar-refractivity contribution in [1.82, 2.24) is 0 Å². The van der Waals surface area contributed by atoms with E-state index < -0.39 is 5.97 Å². The molecule has 21 heavy (non-hydrogen) atoms. The first kappa shape index (κ1) is 15.4. The van der Waals surface area contributed by atoms with Crippen LogP contribution in [0.25, 0.3) is 11.0 Å². The predicted molar refractivity (Wildman–Crippen MR) is 81.7 cm³/mol. The molecule has 0 atom stereocenters. The monoisotopic (exact) mass is 290 g/mol. The fourth-order valence-electron chi connectivity index (χ4n) is 2.52. The molecule has 0 aliphatic rings. The number of hydrogen-bond acceptors (Lipinski definition) is 4. The van der Waals surface area contributed by atoms with E-state index in [2.05, 4.69) is 20.8 Å². The van der Waals surface area contributed by atoms with Gasteiger partial charge < -0.3 is 14.3 Å². The van der Waals surface area contributed by atoms with Crippen molar-refractivity contribution in [1.29, 1.82) is 0 Å². The van der Waals surface area contributed by atoms with E-state index in [-0.39, 0.29) is 23.5 Å². The van der Waals surface area contributed by atoms with Crippen molar-refractivity contribution < 1.29 is 19.1 Å². The summed E-state index contributed by atoms with van der Waals surface area (Å²) in [5.74, 6) is -0.193. The molecule has 1 aromatic carbocycles. The molecule has 0 aliphatic heterocycles. The first-order valence-corrected chi connectivity index (χ1v) is 7.15. The third-order valence-electron chi connectivity index (χ3n) is 3.26. The normalized spacial score (nSPS) is 11.9. The Balaban J connectivity index is 2.52. The van der Waals surface area contributed by atoms with Crippen LogP contribution in [-0.2, 0) is 11.2 Å². The number of aromatic hydroxyl groups is 1. The van der Waals surface area contributed by atoms with Gasteiger partial charge in [0.15, 0.2) is 0 Å². The van der Waals surface area contributed by atoms with Gasteiger partial charge >= 0.3 is 5.97 Å². The molecule has 0 amide bonds. The van der Waals surface area contributed by atoms with Crippen LogP contribution in [0.5, 0.6) is 5.75 Å². The third-order valence-corrected chi connectivity index (χ3v) is 3.26. The Kier molecular flexibility index (Phi) is 3.99. The Bertz CT molecular complexity index is 674. The number of benzene rings is 1. The Hall–Kier alpha value is -1.97. The first-order chi connectivity index (χ1) is 9.73. The molecule has 0 bridgehead atoms. The fourth-order valence-corrected chi connectivity index (χ4v) is 2.52. The highest BCUT2D eigenvalue weighted by atomic mass is 16.5. The highest BCUT2D eigenvalue weighted by Crippen LogP contribution is 2.35. The third kappa shape index (κ3) is 3.20. The lowest BCUT2D eigenvalue weighted by Crippen LogP contribution is -2.08. The molecule has 0 saturated heterocycles. The molecule has 0 fully saturated rings. The predicted octanol–water partition coefficient (Wildman–Crippen LogP) is 4.21. The average Bonchev–Trinajstić information content (AvgIpc) is 2.65. The van der Waals surface area contributed by atoms with E-state index in [9.17, 15) is 9.90 Å². The maximum atomic E-state index is 11.9. The van der Waals surface area contributed by atoms with Crippen LogP contribution in [0.15, 0.2) is 16.5 Å². The molecule has 1 N–H and O–H groups in total. The highest BCUT2D eigenvalue weighted by Gasteiger charge is 2.22. The topological polar surface area (TPSA) is 59.7 Å². The van der Waals surface area contributed by atoms with Gasteiger partial charge in [-0.25, -0.2) is 4.79 Å². The zero-order valence-corrected chi connectivity index (χ0v) is 13.2. The van der Waals surface area contributed by atoms with E-state index in [0.717, 1.165) is 12.0 Å². The van der Waals surface area contributed by atoms with Crippen LogP contribution in [0.1, 0.15) is 49.4 Å². The van der Waals surface area contributed by atoms with E-state index in [1.165, 1.54) is 0 Å². The summed E-state index contributed by atoms with van der Waals surface area (Å²) in [6.45, 7) is 10.2. The number of esters is 1. The standard InChI is InChI=1S/C17H22O4/c1-6-20-16(19)15-10(2)14-12(18)7-11(8-13(14)21-15)9-17(3,4)5/h7-8,18H,6,9H2,1-5H3. The largest absolute Gasteiger partial charge is 0.507 e. The number of furan rings is 1. The van der Waals surface area contributed by atoms with Crippen molar-refractivity contribution in [2.75, 3.05) is 6.61 Å². The summed E-state index contributed by atoms with van der Waals surface area (Å²) in [4.78, 5) is 11.9. The minimum absolute atomic E-state index is 0.103. The van der Waals surface area contributed by atoms with E-state index in [0.29, 0.717) is 16.5 Å². The van der Waals surface area contributed by atoms with Gasteiger partial charge in [-0.05, 0) is 43.4 Å². The Labute approximate surface area is 124 Å². The Morgan fingerprint density at radius 3 is 2.57 bits per heavy atom. The van der Waals surface area contributed by atoms with Gasteiger partial charge in [0.2, 0.25) is 5.76 Å². The Morgan fingerprint density at radius 2 is 2.00 bits per heavy atom. The first-order valence-electron chi connectivity index (χ1n) is 7.15. The number of hydrogen-bond donors (Lipinski definition) is 1. The van der Waals surface area contributed by atoms with Gasteiger partial charge in [0.25, 0.3) is 0 Å². The number of carbonyl (C=O) groups is 1. The molecule has 0 spiro atoms. The quantitative estimate of drug-likeness (QED) is 0.860. The van der Waals surface area contributed by atoms with Crippen LogP contribution in [0.4, 0.5) is 0 Å². The lowest BCUT2D eigenvalue weighted by Gasteiger charge is -2.18. The molecule has 2 aromatic rings. The maximum absolute atomic E-state index is 11.9. The van der Waals surface area contributed by atoms with Gasteiger partial charge in [-0.1, -0.05) is 20.8 Å². The summed E-state index contributed by atoms with van der Waals surface area (Å²) in [5.41, 5.74) is 2.22. The van der Waals surface area contributed by atoms with Gasteiger partial charge in [0.1, 0.15) is 11.3 Å². The second-order valence-electron chi connectivity index (χ2n) is 6.50. The second-order valence-corrected chi connectivity index (χ2v) is 6.50. The van der Waals surface area contributed by atoms with Crippen molar-refractivity contribution in [3.8, 4) is 5.75 Å². The molecule has 0 saturated carbocycles. The molecule has 0 unspecified atom stereocenters. The van der Waals surface area contributed by atoms with E-state index in [4.69, 9.17) is 9.15 Å². The number of fused-ring (bicyclic) bond motifs is 1. The molecule has 1 heterocycles. The average molecular weight is 290 g/mol. The van der Waals surface area contributed by atoms with E-state index in [1.807, 2.05) is 6.07 Å². The van der Waals surface area contributed by atoms with E-state index >= 15 is 0 Å². The molecule has 4 nitrogen and oxygen atoms in total. The number of aryl methyl sites for hydroxylation is 1. The zero-order chi connectivity index (χ0) is 15.8. The summed E-state index contributed by atoms with van der Waals surface area (Å²) in [5, 5.41) is 10.8. The lowest BCUT2D eigenvalue weighted by atomic mass is 9.88. The molecular formula is C17H22O4. The van der Waals surface area contributed by atoms with Crippen molar-refractivity contribution in [2.24, 2.45) is 5.41 Å². The van der Waals surface area contributed by atoms with Gasteiger partial charge in [-0.3, -0.25) is 0 Å². The number of phenols is 1. The van der Waals surface area contributed by atoms with Gasteiger partial charge in [0.05, 0.1) is 12.0 Å². The molecule has 1 aromatic heterocycles. The molecular weight excluding hydrogens is 268 g/mol. The smallest absolute Gasteiger partial charge is 0.374 e. The van der Waals surface area contributed by atoms with Crippen molar-refractivity contribution in [3.63, 3.8) is 0 Å². The summed E-state index contributed by atoms with van der Waals surface area (Å²) >= 11 is 0. The molecule has 2 rings (SSSR count). The second kappa shape index (κ2) is 5.43. The van der Waals surface area contributed by atoms with E-state index in [1.54, 1.807) is 19.9 Å². The van der Waals surface area contributed by atoms with Crippen molar-refractivity contribution >= 4 is 16.9 Å². The van der Waals surface area contributed by atoms with Crippen LogP contribution in [0.2, 0.25) is 0 Å². The minimum atomic E-state index is -0.497. The van der Waals surface area contributed by atoms with Crippen molar-refractivity contribution in [2.45, 2.75) is 41.0 Å². The number of phenolic OH excluding ortho intramolecular Hbond substituents is 1. The summed E-state index contributed by atoms with van der Waals surface area (Å²) < 4.78 is 10.6. The zero-order valence-electron chi connectivity index (χ0n) is 13.2. The van der Waals surface area contributed by atoms with Crippen molar-refractivity contribution in [3.05, 3.63) is 29.0 Å². The van der Waals surface area contributed by atoms with Gasteiger partial charge in [0, 0.05) is 5.56 Å². The van der Waals surface area contributed by atoms with Gasteiger partial charge in [-0.15, -0.1) is 0 Å². The Morgan fingerprint density at radius 1 is 1.33 bits per heavy atom. The van der Waals surface area contributed by atoms with Crippen LogP contribution in [0.3, 0.4) is 0 Å². The maximum Gasteiger partial charge on any atom is 0.374 e. The summed E-state index contributed by atoms with van der Waals surface area (Å²) in [7, 11) is 0. The molecule has 0 aliphatic carbocycles. The SMILES string of the molecule is CCOC(=O)c1oc2cc(CC(C)(C)C)cc(O)c2c1C. The van der Waals surface area contributed by atoms with Crippen LogP contribution >= 0.6 is 0 Å². The molecule has 4 heteroatoms. The van der Waals surface area contributed by atoms with Crippen LogP contribution in [-0.4, -0.2) is 17.7 Å². The number of carbonyl (C=O) groups excluding carboxylic acids is 1. The molecule has 114 valence electrons. The minimum Gasteiger partial charge on any atom is -0.507 e. The van der Waals surface area contributed by atoms with Crippen LogP contribution < -0.4 is 0 Å². The summed E-state index contributed by atoms with van der Waals surface area (Å²) in [6.07, 6.45) is 0.811. The molecule has 0 radical (unpaired) electrons. The lowest BCUT2D eigenvalue weighted by molar-refractivity contribution is 0.0491. The highest BCUT2D eigenvalue weighted by molar-refractivity contribution is 5.98. The summed E-state index contributed by atoms with van der Waals surface area (Å²) in [6, 6.07) is 3.63. The number of rotatable bonds is 3. The fraction of sp³-hybridized carbons (Fsp3) is 0.471.